The second-order valence-corrected chi connectivity index (χ2v) is 5.56. The molecule has 0 aromatic rings. The Morgan fingerprint density at radius 3 is 2.71 bits per heavy atom. The Hall–Kier alpha value is -1.40. The molecule has 0 spiro atoms. The zero-order valence-electron chi connectivity index (χ0n) is 12.4. The first-order valence-electron chi connectivity index (χ1n) is 7.31. The maximum Gasteiger partial charge on any atom is 0.330 e. The predicted molar refractivity (Wildman–Crippen MR) is 73.0 cm³/mol. The molecule has 2 aliphatic rings. The summed E-state index contributed by atoms with van der Waals surface area (Å²) in [7, 11) is 0. The second kappa shape index (κ2) is 6.58. The van der Waals surface area contributed by atoms with Crippen molar-refractivity contribution < 1.29 is 28.9 Å². The topological polar surface area (TPSA) is 82.1 Å². The minimum atomic E-state index is -0.715. The molecule has 0 aromatic carbocycles. The van der Waals surface area contributed by atoms with Gasteiger partial charge >= 0.3 is 11.9 Å². The summed E-state index contributed by atoms with van der Waals surface area (Å²) in [5.74, 6) is -1.52. The molecule has 0 amide bonds. The van der Waals surface area contributed by atoms with E-state index in [0.29, 0.717) is 19.4 Å². The summed E-state index contributed by atoms with van der Waals surface area (Å²) < 4.78 is 15.6. The molecule has 118 valence electrons. The van der Waals surface area contributed by atoms with Crippen LogP contribution in [-0.2, 0) is 23.8 Å². The molecule has 6 atom stereocenters. The van der Waals surface area contributed by atoms with Crippen molar-refractivity contribution in [3.05, 3.63) is 12.7 Å². The number of carbonyl (C=O) groups excluding carboxylic acids is 2. The number of carbonyl (C=O) groups is 2. The van der Waals surface area contributed by atoms with Gasteiger partial charge in [0, 0.05) is 18.6 Å². The Balaban J connectivity index is 1.99. The van der Waals surface area contributed by atoms with Crippen LogP contribution in [0.5, 0.6) is 0 Å². The van der Waals surface area contributed by atoms with Gasteiger partial charge in [0.2, 0.25) is 0 Å². The summed E-state index contributed by atoms with van der Waals surface area (Å²) in [4.78, 5) is 23.5. The van der Waals surface area contributed by atoms with Crippen LogP contribution < -0.4 is 0 Å². The van der Waals surface area contributed by atoms with Gasteiger partial charge in [0.25, 0.3) is 0 Å². The number of rotatable bonds is 6. The molecule has 2 saturated carbocycles. The van der Waals surface area contributed by atoms with Gasteiger partial charge in [-0.2, -0.15) is 0 Å². The molecule has 0 radical (unpaired) electrons. The molecule has 2 bridgehead atoms. The summed E-state index contributed by atoms with van der Waals surface area (Å²) in [6.07, 6.45) is 0.315. The summed E-state index contributed by atoms with van der Waals surface area (Å²) in [5.41, 5.74) is 0. The number of ether oxygens (including phenoxy) is 3. The average Bonchev–Trinajstić information content (AvgIpc) is 2.99. The van der Waals surface area contributed by atoms with Gasteiger partial charge in [-0.25, -0.2) is 4.79 Å². The molecule has 6 unspecified atom stereocenters. The standard InChI is InChI=1S/C15H22O6/c1-4-12(16)21-14-10-6-9(13(14)17)7-11(10)15(18)20-8(3)19-5-2/h4,8-11,13-14,17H,1,5-7H2,2-3H3. The van der Waals surface area contributed by atoms with Crippen molar-refractivity contribution in [1.82, 2.24) is 0 Å². The molecule has 1 N–H and O–H groups in total. The molecule has 2 aliphatic carbocycles. The molecule has 0 saturated heterocycles. The van der Waals surface area contributed by atoms with E-state index >= 15 is 0 Å². The minimum Gasteiger partial charge on any atom is -0.456 e. The van der Waals surface area contributed by atoms with Gasteiger partial charge in [0.15, 0.2) is 6.29 Å². The first-order valence-corrected chi connectivity index (χ1v) is 7.31. The quantitative estimate of drug-likeness (QED) is 0.448. The minimum absolute atomic E-state index is 0.0300. The third-order valence-corrected chi connectivity index (χ3v) is 4.30. The van der Waals surface area contributed by atoms with E-state index in [1.165, 1.54) is 0 Å². The fraction of sp³-hybridized carbons (Fsp3) is 0.733. The van der Waals surface area contributed by atoms with E-state index in [-0.39, 0.29) is 23.7 Å². The van der Waals surface area contributed by atoms with Crippen LogP contribution >= 0.6 is 0 Å². The van der Waals surface area contributed by atoms with E-state index in [4.69, 9.17) is 14.2 Å². The molecule has 2 rings (SSSR count). The van der Waals surface area contributed by atoms with Crippen molar-refractivity contribution in [1.29, 1.82) is 0 Å². The van der Waals surface area contributed by atoms with Crippen molar-refractivity contribution in [2.24, 2.45) is 17.8 Å². The smallest absolute Gasteiger partial charge is 0.330 e. The lowest BCUT2D eigenvalue weighted by molar-refractivity contribution is -0.185. The number of aliphatic hydroxyl groups excluding tert-OH is 1. The highest BCUT2D eigenvalue weighted by molar-refractivity contribution is 5.81. The van der Waals surface area contributed by atoms with E-state index in [2.05, 4.69) is 6.58 Å². The van der Waals surface area contributed by atoms with Gasteiger partial charge in [-0.1, -0.05) is 6.58 Å². The van der Waals surface area contributed by atoms with Gasteiger partial charge in [0.05, 0.1) is 12.0 Å². The Bertz CT molecular complexity index is 420. The Morgan fingerprint density at radius 1 is 1.43 bits per heavy atom. The Labute approximate surface area is 124 Å². The highest BCUT2D eigenvalue weighted by atomic mass is 16.7. The van der Waals surface area contributed by atoms with Gasteiger partial charge < -0.3 is 19.3 Å². The van der Waals surface area contributed by atoms with Crippen LogP contribution in [-0.4, -0.2) is 42.1 Å². The summed E-state index contributed by atoms with van der Waals surface area (Å²) in [6, 6.07) is 0. The van der Waals surface area contributed by atoms with E-state index in [0.717, 1.165) is 6.08 Å². The SMILES string of the molecule is C=CC(=O)OC1C(O)C2CC(C(=O)OC(C)OCC)C1C2. The lowest BCUT2D eigenvalue weighted by Crippen LogP contribution is -2.43. The predicted octanol–water partition coefficient (Wildman–Crippen LogP) is 1.03. The van der Waals surface area contributed by atoms with Crippen LogP contribution in [0.25, 0.3) is 0 Å². The van der Waals surface area contributed by atoms with E-state index in [1.54, 1.807) is 6.92 Å². The summed E-state index contributed by atoms with van der Waals surface area (Å²) >= 11 is 0. The number of fused-ring (bicyclic) bond motifs is 2. The number of hydrogen-bond donors (Lipinski definition) is 1. The third-order valence-electron chi connectivity index (χ3n) is 4.30. The Kier molecular flexibility index (Phi) is 5.00. The number of aliphatic hydroxyl groups is 1. The molecule has 6 heteroatoms. The van der Waals surface area contributed by atoms with Gasteiger partial charge in [-0.3, -0.25) is 4.79 Å². The normalized spacial score (nSPS) is 35.3. The van der Waals surface area contributed by atoms with E-state index in [1.807, 2.05) is 6.92 Å². The van der Waals surface area contributed by atoms with Crippen molar-refractivity contribution in [2.75, 3.05) is 6.61 Å². The summed E-state index contributed by atoms with van der Waals surface area (Å²) in [5, 5.41) is 10.1. The second-order valence-electron chi connectivity index (χ2n) is 5.56. The van der Waals surface area contributed by atoms with Crippen molar-refractivity contribution in [2.45, 2.75) is 45.2 Å². The molecular formula is C15H22O6. The van der Waals surface area contributed by atoms with E-state index < -0.39 is 24.5 Å². The zero-order chi connectivity index (χ0) is 15.6. The van der Waals surface area contributed by atoms with Crippen LogP contribution in [0.3, 0.4) is 0 Å². The van der Waals surface area contributed by atoms with Crippen LogP contribution in [0.15, 0.2) is 12.7 Å². The monoisotopic (exact) mass is 298 g/mol. The lowest BCUT2D eigenvalue weighted by atomic mass is 9.85. The molecular weight excluding hydrogens is 276 g/mol. The molecule has 2 fully saturated rings. The van der Waals surface area contributed by atoms with Crippen LogP contribution in [0.2, 0.25) is 0 Å². The van der Waals surface area contributed by atoms with E-state index in [9.17, 15) is 14.7 Å². The van der Waals surface area contributed by atoms with Crippen LogP contribution in [0, 0.1) is 17.8 Å². The molecule has 21 heavy (non-hydrogen) atoms. The van der Waals surface area contributed by atoms with Crippen LogP contribution in [0.1, 0.15) is 26.7 Å². The van der Waals surface area contributed by atoms with Gasteiger partial charge in [-0.05, 0) is 32.6 Å². The average molecular weight is 298 g/mol. The zero-order valence-corrected chi connectivity index (χ0v) is 12.4. The van der Waals surface area contributed by atoms with Crippen molar-refractivity contribution in [3.8, 4) is 0 Å². The fourth-order valence-electron chi connectivity index (χ4n) is 3.40. The fourth-order valence-corrected chi connectivity index (χ4v) is 3.40. The third kappa shape index (κ3) is 3.27. The van der Waals surface area contributed by atoms with Crippen molar-refractivity contribution >= 4 is 11.9 Å². The highest BCUT2D eigenvalue weighted by Gasteiger charge is 2.56. The van der Waals surface area contributed by atoms with Crippen molar-refractivity contribution in [3.63, 3.8) is 0 Å². The number of esters is 2. The van der Waals surface area contributed by atoms with Gasteiger partial charge in [-0.15, -0.1) is 0 Å². The molecule has 0 aromatic heterocycles. The maximum atomic E-state index is 12.2. The molecule has 0 heterocycles. The molecule has 6 nitrogen and oxygen atoms in total. The lowest BCUT2D eigenvalue weighted by Gasteiger charge is -2.31. The summed E-state index contributed by atoms with van der Waals surface area (Å²) in [6.45, 7) is 7.29. The number of hydrogen-bond acceptors (Lipinski definition) is 6. The highest BCUT2D eigenvalue weighted by Crippen LogP contribution is 2.50. The largest absolute Gasteiger partial charge is 0.456 e. The van der Waals surface area contributed by atoms with Crippen LogP contribution in [0.4, 0.5) is 0 Å². The Morgan fingerprint density at radius 2 is 2.14 bits per heavy atom. The molecule has 0 aliphatic heterocycles. The first kappa shape index (κ1) is 16.0. The first-order chi connectivity index (χ1) is 9.97. The van der Waals surface area contributed by atoms with Gasteiger partial charge in [0.1, 0.15) is 6.10 Å². The maximum absolute atomic E-state index is 12.2.